The molecule has 1 aromatic heterocycles. The summed E-state index contributed by atoms with van der Waals surface area (Å²) < 4.78 is 29.4. The van der Waals surface area contributed by atoms with E-state index in [1.54, 1.807) is 18.3 Å². The van der Waals surface area contributed by atoms with Crippen LogP contribution in [-0.2, 0) is 6.54 Å². The van der Waals surface area contributed by atoms with Crippen LogP contribution in [0.2, 0.25) is 0 Å². The molecule has 0 saturated heterocycles. The van der Waals surface area contributed by atoms with Crippen molar-refractivity contribution in [3.8, 4) is 5.75 Å². The molecule has 1 N–H and O–H groups in total. The molecule has 6 heteroatoms. The lowest BCUT2D eigenvalue weighted by Gasteiger charge is -2.09. The van der Waals surface area contributed by atoms with Crippen molar-refractivity contribution in [1.29, 1.82) is 0 Å². The van der Waals surface area contributed by atoms with E-state index in [2.05, 4.69) is 31.0 Å². The summed E-state index contributed by atoms with van der Waals surface area (Å²) in [7, 11) is 0. The Labute approximate surface area is 117 Å². The van der Waals surface area contributed by atoms with Gasteiger partial charge >= 0.3 is 6.61 Å². The predicted molar refractivity (Wildman–Crippen MR) is 72.3 cm³/mol. The molecular formula is C13H11BrF2N2O. The SMILES string of the molecule is FC(F)Oc1cccc(NCc2ccc(Br)cn2)c1. The Morgan fingerprint density at radius 2 is 2.11 bits per heavy atom. The van der Waals surface area contributed by atoms with Gasteiger partial charge in [0.15, 0.2) is 0 Å². The standard InChI is InChI=1S/C13H11BrF2N2O/c14-9-4-5-11(17-7-9)8-18-10-2-1-3-12(6-10)19-13(15)16/h1-7,13,18H,8H2. The summed E-state index contributed by atoms with van der Waals surface area (Å²) in [6, 6.07) is 10.2. The lowest BCUT2D eigenvalue weighted by molar-refractivity contribution is -0.0498. The first-order valence-corrected chi connectivity index (χ1v) is 6.32. The second-order valence-electron chi connectivity index (χ2n) is 3.73. The fourth-order valence-corrected chi connectivity index (χ4v) is 1.72. The number of pyridine rings is 1. The van der Waals surface area contributed by atoms with Crippen LogP contribution < -0.4 is 10.1 Å². The highest BCUT2D eigenvalue weighted by Crippen LogP contribution is 2.19. The number of halogens is 3. The maximum Gasteiger partial charge on any atom is 0.387 e. The van der Waals surface area contributed by atoms with Crippen LogP contribution in [0.4, 0.5) is 14.5 Å². The van der Waals surface area contributed by atoms with Gasteiger partial charge < -0.3 is 10.1 Å². The van der Waals surface area contributed by atoms with Crippen LogP contribution in [0.25, 0.3) is 0 Å². The number of nitrogens with zero attached hydrogens (tertiary/aromatic N) is 1. The van der Waals surface area contributed by atoms with Crippen LogP contribution in [0.15, 0.2) is 47.1 Å². The van der Waals surface area contributed by atoms with Crippen molar-refractivity contribution in [2.75, 3.05) is 5.32 Å². The molecule has 2 rings (SSSR count). The minimum atomic E-state index is -2.82. The molecule has 0 radical (unpaired) electrons. The zero-order chi connectivity index (χ0) is 13.7. The maximum atomic E-state index is 12.1. The van der Waals surface area contributed by atoms with E-state index in [1.807, 2.05) is 12.1 Å². The zero-order valence-electron chi connectivity index (χ0n) is 9.82. The topological polar surface area (TPSA) is 34.1 Å². The molecule has 2 aromatic rings. The van der Waals surface area contributed by atoms with Crippen LogP contribution in [0.3, 0.4) is 0 Å². The molecule has 1 aromatic carbocycles. The van der Waals surface area contributed by atoms with Crippen molar-refractivity contribution in [2.45, 2.75) is 13.2 Å². The normalized spacial score (nSPS) is 10.5. The Kier molecular flexibility index (Phi) is 4.68. The maximum absolute atomic E-state index is 12.1. The van der Waals surface area contributed by atoms with E-state index in [4.69, 9.17) is 0 Å². The van der Waals surface area contributed by atoms with Gasteiger partial charge in [0.25, 0.3) is 0 Å². The monoisotopic (exact) mass is 328 g/mol. The van der Waals surface area contributed by atoms with E-state index in [1.165, 1.54) is 12.1 Å². The summed E-state index contributed by atoms with van der Waals surface area (Å²) in [5, 5.41) is 3.09. The second kappa shape index (κ2) is 6.47. The molecule has 1 heterocycles. The Morgan fingerprint density at radius 1 is 1.26 bits per heavy atom. The summed E-state index contributed by atoms with van der Waals surface area (Å²) in [5.74, 6) is 0.128. The van der Waals surface area contributed by atoms with Gasteiger partial charge in [-0.2, -0.15) is 8.78 Å². The van der Waals surface area contributed by atoms with E-state index < -0.39 is 6.61 Å². The van der Waals surface area contributed by atoms with Crippen molar-refractivity contribution >= 4 is 21.6 Å². The molecule has 19 heavy (non-hydrogen) atoms. The largest absolute Gasteiger partial charge is 0.435 e. The van der Waals surface area contributed by atoms with Crippen molar-refractivity contribution in [3.63, 3.8) is 0 Å². The van der Waals surface area contributed by atoms with Crippen LogP contribution in [0.5, 0.6) is 5.75 Å². The summed E-state index contributed by atoms with van der Waals surface area (Å²) in [6.45, 7) is -2.31. The summed E-state index contributed by atoms with van der Waals surface area (Å²) in [5.41, 5.74) is 1.55. The van der Waals surface area contributed by atoms with E-state index in [0.29, 0.717) is 12.2 Å². The fraction of sp³-hybridized carbons (Fsp3) is 0.154. The number of anilines is 1. The van der Waals surface area contributed by atoms with Crippen LogP contribution in [0.1, 0.15) is 5.69 Å². The number of nitrogens with one attached hydrogen (secondary N) is 1. The van der Waals surface area contributed by atoms with Gasteiger partial charge in [0.2, 0.25) is 0 Å². The van der Waals surface area contributed by atoms with Gasteiger partial charge in [-0.25, -0.2) is 0 Å². The van der Waals surface area contributed by atoms with Gasteiger partial charge in [-0.1, -0.05) is 6.07 Å². The first-order valence-electron chi connectivity index (χ1n) is 5.52. The summed E-state index contributed by atoms with van der Waals surface area (Å²) >= 11 is 3.30. The minimum absolute atomic E-state index is 0.128. The van der Waals surface area contributed by atoms with Crippen LogP contribution >= 0.6 is 15.9 Å². The molecule has 0 atom stereocenters. The molecule has 3 nitrogen and oxygen atoms in total. The molecule has 0 amide bonds. The predicted octanol–water partition coefficient (Wildman–Crippen LogP) is 4.06. The Bertz CT molecular complexity index is 534. The summed E-state index contributed by atoms with van der Waals surface area (Å²) in [6.07, 6.45) is 1.70. The quantitative estimate of drug-likeness (QED) is 0.898. The number of ether oxygens (including phenoxy) is 1. The van der Waals surface area contributed by atoms with Gasteiger partial charge in [0, 0.05) is 22.4 Å². The van der Waals surface area contributed by atoms with E-state index in [9.17, 15) is 8.78 Å². The van der Waals surface area contributed by atoms with Gasteiger partial charge in [-0.3, -0.25) is 4.98 Å². The highest BCUT2D eigenvalue weighted by Gasteiger charge is 2.04. The van der Waals surface area contributed by atoms with Gasteiger partial charge in [-0.05, 0) is 40.2 Å². The third kappa shape index (κ3) is 4.48. The fourth-order valence-electron chi connectivity index (χ4n) is 1.49. The molecule has 0 bridgehead atoms. The molecule has 0 fully saturated rings. The molecule has 0 saturated carbocycles. The van der Waals surface area contributed by atoms with Crippen LogP contribution in [-0.4, -0.2) is 11.6 Å². The van der Waals surface area contributed by atoms with Crippen molar-refractivity contribution < 1.29 is 13.5 Å². The van der Waals surface area contributed by atoms with Gasteiger partial charge in [-0.15, -0.1) is 0 Å². The van der Waals surface area contributed by atoms with Crippen molar-refractivity contribution in [3.05, 3.63) is 52.8 Å². The lowest BCUT2D eigenvalue weighted by Crippen LogP contribution is -2.04. The van der Waals surface area contributed by atoms with Gasteiger partial charge in [0.1, 0.15) is 5.75 Å². The smallest absolute Gasteiger partial charge is 0.387 e. The zero-order valence-corrected chi connectivity index (χ0v) is 11.4. The molecule has 0 aliphatic heterocycles. The number of rotatable bonds is 5. The van der Waals surface area contributed by atoms with E-state index in [-0.39, 0.29) is 5.75 Å². The van der Waals surface area contributed by atoms with Crippen molar-refractivity contribution in [1.82, 2.24) is 4.98 Å². The number of hydrogen-bond donors (Lipinski definition) is 1. The van der Waals surface area contributed by atoms with Crippen molar-refractivity contribution in [2.24, 2.45) is 0 Å². The molecule has 0 unspecified atom stereocenters. The Morgan fingerprint density at radius 3 is 2.79 bits per heavy atom. The van der Waals surface area contributed by atoms with E-state index in [0.717, 1.165) is 10.2 Å². The number of alkyl halides is 2. The number of aromatic nitrogens is 1. The average molecular weight is 329 g/mol. The molecule has 0 spiro atoms. The first kappa shape index (κ1) is 13.7. The third-order valence-corrected chi connectivity index (χ3v) is 2.79. The highest BCUT2D eigenvalue weighted by molar-refractivity contribution is 9.10. The first-order chi connectivity index (χ1) is 9.13. The lowest BCUT2D eigenvalue weighted by atomic mass is 10.3. The molecular weight excluding hydrogens is 318 g/mol. The van der Waals surface area contributed by atoms with Gasteiger partial charge in [0.05, 0.1) is 12.2 Å². The second-order valence-corrected chi connectivity index (χ2v) is 4.64. The summed E-state index contributed by atoms with van der Waals surface area (Å²) in [4.78, 5) is 4.20. The van der Waals surface area contributed by atoms with E-state index >= 15 is 0 Å². The number of hydrogen-bond acceptors (Lipinski definition) is 3. The van der Waals surface area contributed by atoms with Crippen LogP contribution in [0, 0.1) is 0 Å². The molecule has 0 aliphatic carbocycles. The minimum Gasteiger partial charge on any atom is -0.435 e. The Balaban J connectivity index is 1.97. The average Bonchev–Trinajstić information content (AvgIpc) is 2.38. The Hall–Kier alpha value is -1.69. The number of benzene rings is 1. The molecule has 100 valence electrons. The molecule has 0 aliphatic rings. The highest BCUT2D eigenvalue weighted by atomic mass is 79.9. The third-order valence-electron chi connectivity index (χ3n) is 2.32.